The Morgan fingerprint density at radius 3 is 1.91 bits per heavy atom. The molecule has 1 aliphatic rings. The molecule has 0 fully saturated rings. The first-order valence-corrected chi connectivity index (χ1v) is 3.89. The highest BCUT2D eigenvalue weighted by molar-refractivity contribution is 5.36. The summed E-state index contributed by atoms with van der Waals surface area (Å²) in [5, 5.41) is 0. The van der Waals surface area contributed by atoms with E-state index in [2.05, 4.69) is 12.1 Å². The van der Waals surface area contributed by atoms with Gasteiger partial charge in [0.05, 0.1) is 0 Å². The van der Waals surface area contributed by atoms with Gasteiger partial charge in [-0.25, -0.2) is 0 Å². The number of benzene rings is 1. The van der Waals surface area contributed by atoms with Crippen LogP contribution in [0.15, 0.2) is 24.3 Å². The first-order valence-electron chi connectivity index (χ1n) is 3.89. The molecule has 2 nitrogen and oxygen atoms in total. The molecule has 0 heterocycles. The van der Waals surface area contributed by atoms with Gasteiger partial charge in [-0.1, -0.05) is 24.3 Å². The van der Waals surface area contributed by atoms with E-state index in [-0.39, 0.29) is 12.1 Å². The summed E-state index contributed by atoms with van der Waals surface area (Å²) in [5.41, 5.74) is 14.2. The molecule has 0 amide bonds. The molecule has 2 atom stereocenters. The molecule has 2 rings (SSSR count). The largest absolute Gasteiger partial charge is 0.324 e. The van der Waals surface area contributed by atoms with Crippen molar-refractivity contribution in [1.82, 2.24) is 0 Å². The van der Waals surface area contributed by atoms with Crippen LogP contribution in [0.5, 0.6) is 0 Å². The lowest BCUT2D eigenvalue weighted by Crippen LogP contribution is -2.08. The Morgan fingerprint density at radius 1 is 1.00 bits per heavy atom. The number of nitrogens with two attached hydrogens (primary N) is 2. The van der Waals surface area contributed by atoms with Gasteiger partial charge >= 0.3 is 0 Å². The first-order chi connectivity index (χ1) is 5.29. The molecule has 0 aromatic heterocycles. The van der Waals surface area contributed by atoms with Crippen LogP contribution in [0.3, 0.4) is 0 Å². The Bertz CT molecular complexity index is 243. The molecule has 11 heavy (non-hydrogen) atoms. The molecule has 1 aliphatic carbocycles. The predicted molar refractivity (Wildman–Crippen MR) is 44.9 cm³/mol. The lowest BCUT2D eigenvalue weighted by Gasteiger charge is -2.01. The maximum absolute atomic E-state index is 5.86. The number of fused-ring (bicyclic) bond motifs is 1. The van der Waals surface area contributed by atoms with E-state index in [1.54, 1.807) is 0 Å². The summed E-state index contributed by atoms with van der Waals surface area (Å²) >= 11 is 0. The minimum Gasteiger partial charge on any atom is -0.324 e. The van der Waals surface area contributed by atoms with Gasteiger partial charge in [-0.2, -0.15) is 0 Å². The van der Waals surface area contributed by atoms with Crippen molar-refractivity contribution in [3.05, 3.63) is 35.4 Å². The highest BCUT2D eigenvalue weighted by Crippen LogP contribution is 2.34. The van der Waals surface area contributed by atoms with Crippen molar-refractivity contribution < 1.29 is 0 Å². The van der Waals surface area contributed by atoms with E-state index in [4.69, 9.17) is 11.5 Å². The molecule has 0 bridgehead atoms. The molecule has 2 heteroatoms. The third-order valence-electron chi connectivity index (χ3n) is 2.30. The van der Waals surface area contributed by atoms with E-state index in [1.165, 1.54) is 11.1 Å². The zero-order chi connectivity index (χ0) is 7.84. The van der Waals surface area contributed by atoms with Crippen LogP contribution in [0.4, 0.5) is 0 Å². The van der Waals surface area contributed by atoms with Gasteiger partial charge in [0.25, 0.3) is 0 Å². The van der Waals surface area contributed by atoms with Crippen molar-refractivity contribution in [3.8, 4) is 0 Å². The van der Waals surface area contributed by atoms with Crippen LogP contribution in [-0.4, -0.2) is 0 Å². The van der Waals surface area contributed by atoms with Crippen molar-refractivity contribution in [2.75, 3.05) is 0 Å². The topological polar surface area (TPSA) is 52.0 Å². The highest BCUT2D eigenvalue weighted by Gasteiger charge is 2.24. The lowest BCUT2D eigenvalue weighted by atomic mass is 10.1. The molecule has 1 aromatic rings. The maximum atomic E-state index is 5.86. The third kappa shape index (κ3) is 0.951. The van der Waals surface area contributed by atoms with Crippen LogP contribution in [0.1, 0.15) is 29.6 Å². The van der Waals surface area contributed by atoms with Crippen molar-refractivity contribution in [2.45, 2.75) is 18.5 Å². The Kier molecular flexibility index (Phi) is 1.44. The summed E-state index contributed by atoms with van der Waals surface area (Å²) in [6.07, 6.45) is 0.888. The van der Waals surface area contributed by atoms with Crippen molar-refractivity contribution >= 4 is 0 Å². The van der Waals surface area contributed by atoms with Gasteiger partial charge in [-0.3, -0.25) is 0 Å². The van der Waals surface area contributed by atoms with E-state index in [0.717, 1.165) is 6.42 Å². The van der Waals surface area contributed by atoms with Gasteiger partial charge in [0, 0.05) is 12.1 Å². The molecule has 58 valence electrons. The minimum atomic E-state index is 0.154. The smallest absolute Gasteiger partial charge is 0.0316 e. The van der Waals surface area contributed by atoms with E-state index < -0.39 is 0 Å². The van der Waals surface area contributed by atoms with E-state index >= 15 is 0 Å². The predicted octanol–water partition coefficient (Wildman–Crippen LogP) is 1.09. The summed E-state index contributed by atoms with van der Waals surface area (Å²) in [6, 6.07) is 8.45. The fourth-order valence-electron chi connectivity index (χ4n) is 1.71. The Balaban J connectivity index is 2.52. The molecule has 1 aromatic carbocycles. The van der Waals surface area contributed by atoms with E-state index in [1.807, 2.05) is 12.1 Å². The molecule has 0 aliphatic heterocycles. The quantitative estimate of drug-likeness (QED) is 0.578. The molecule has 0 spiro atoms. The molecule has 0 saturated carbocycles. The number of hydrogen-bond donors (Lipinski definition) is 2. The van der Waals surface area contributed by atoms with Crippen LogP contribution in [0.2, 0.25) is 0 Å². The molecule has 2 unspecified atom stereocenters. The van der Waals surface area contributed by atoms with E-state index in [9.17, 15) is 0 Å². The average molecular weight is 148 g/mol. The Morgan fingerprint density at radius 2 is 1.45 bits per heavy atom. The summed E-state index contributed by atoms with van der Waals surface area (Å²) in [4.78, 5) is 0. The highest BCUT2D eigenvalue weighted by atomic mass is 14.7. The second-order valence-corrected chi connectivity index (χ2v) is 3.08. The van der Waals surface area contributed by atoms with Crippen LogP contribution < -0.4 is 11.5 Å². The zero-order valence-corrected chi connectivity index (χ0v) is 6.33. The molecule has 0 radical (unpaired) electrons. The fourth-order valence-corrected chi connectivity index (χ4v) is 1.71. The van der Waals surface area contributed by atoms with Crippen LogP contribution >= 0.6 is 0 Å². The second kappa shape index (κ2) is 2.32. The van der Waals surface area contributed by atoms with Crippen LogP contribution in [0.25, 0.3) is 0 Å². The Hall–Kier alpha value is -0.860. The van der Waals surface area contributed by atoms with Gasteiger partial charge in [0.15, 0.2) is 0 Å². The van der Waals surface area contributed by atoms with Crippen molar-refractivity contribution in [2.24, 2.45) is 11.5 Å². The maximum Gasteiger partial charge on any atom is 0.0316 e. The molecule has 4 N–H and O–H groups in total. The van der Waals surface area contributed by atoms with Crippen LogP contribution in [0, 0.1) is 0 Å². The first kappa shape index (κ1) is 6.83. The average Bonchev–Trinajstić information content (AvgIpc) is 2.30. The molecular formula is C9H12N2. The van der Waals surface area contributed by atoms with Gasteiger partial charge in [0.1, 0.15) is 0 Å². The van der Waals surface area contributed by atoms with Crippen molar-refractivity contribution in [3.63, 3.8) is 0 Å². The normalized spacial score (nSPS) is 28.5. The Labute approximate surface area is 66.2 Å². The summed E-state index contributed by atoms with van der Waals surface area (Å²) in [6.45, 7) is 0. The van der Waals surface area contributed by atoms with Crippen LogP contribution in [-0.2, 0) is 0 Å². The summed E-state index contributed by atoms with van der Waals surface area (Å²) < 4.78 is 0. The van der Waals surface area contributed by atoms with Gasteiger partial charge in [-0.05, 0) is 17.5 Å². The number of rotatable bonds is 0. The third-order valence-corrected chi connectivity index (χ3v) is 2.30. The SMILES string of the molecule is NC1CC(N)c2ccccc21. The lowest BCUT2D eigenvalue weighted by molar-refractivity contribution is 0.621. The van der Waals surface area contributed by atoms with E-state index in [0.29, 0.717) is 0 Å². The van der Waals surface area contributed by atoms with Gasteiger partial charge in [-0.15, -0.1) is 0 Å². The zero-order valence-electron chi connectivity index (χ0n) is 6.33. The van der Waals surface area contributed by atoms with Gasteiger partial charge in [0.2, 0.25) is 0 Å². The molecular weight excluding hydrogens is 136 g/mol. The second-order valence-electron chi connectivity index (χ2n) is 3.08. The number of hydrogen-bond acceptors (Lipinski definition) is 2. The van der Waals surface area contributed by atoms with Crippen molar-refractivity contribution in [1.29, 1.82) is 0 Å². The molecule has 0 saturated heterocycles. The fraction of sp³-hybridized carbons (Fsp3) is 0.333. The standard InChI is InChI=1S/C9H12N2/c10-8-5-9(11)7-4-2-1-3-6(7)8/h1-4,8-9H,5,10-11H2. The summed E-state index contributed by atoms with van der Waals surface area (Å²) in [7, 11) is 0. The minimum absolute atomic E-state index is 0.154. The van der Waals surface area contributed by atoms with Gasteiger partial charge < -0.3 is 11.5 Å². The monoisotopic (exact) mass is 148 g/mol. The summed E-state index contributed by atoms with van der Waals surface area (Å²) in [5.74, 6) is 0.